The van der Waals surface area contributed by atoms with E-state index in [1.165, 1.54) is 0 Å². The highest BCUT2D eigenvalue weighted by Gasteiger charge is 2.28. The minimum atomic E-state index is 0.885. The van der Waals surface area contributed by atoms with Gasteiger partial charge in [-0.1, -0.05) is 243 Å². The molecule has 0 radical (unpaired) electrons. The summed E-state index contributed by atoms with van der Waals surface area (Å²) in [6.07, 6.45) is 0. The van der Waals surface area contributed by atoms with Crippen molar-refractivity contribution in [2.45, 2.75) is 13.8 Å². The summed E-state index contributed by atoms with van der Waals surface area (Å²) < 4.78 is 0. The Morgan fingerprint density at radius 1 is 0.163 bits per heavy atom. The lowest BCUT2D eigenvalue weighted by Crippen LogP contribution is -2.04. The van der Waals surface area contributed by atoms with Gasteiger partial charge in [0.1, 0.15) is 0 Å². The van der Waals surface area contributed by atoms with E-state index < -0.39 is 0 Å². The molecule has 9 aromatic carbocycles. The third kappa shape index (κ3) is 9.94. The van der Waals surface area contributed by atoms with E-state index in [0.29, 0.717) is 0 Å². The van der Waals surface area contributed by atoms with E-state index in [9.17, 15) is 0 Å². The average molecular weight is 1020 g/mol. The fourth-order valence-electron chi connectivity index (χ4n) is 11.2. The van der Waals surface area contributed by atoms with Crippen LogP contribution < -0.4 is 0 Å². The van der Waals surface area contributed by atoms with Crippen molar-refractivity contribution in [1.82, 2.24) is 19.9 Å². The molecule has 0 fully saturated rings. The first kappa shape index (κ1) is 49.2. The summed E-state index contributed by atoms with van der Waals surface area (Å²) in [7, 11) is 0. The molecule has 13 rings (SSSR count). The third-order valence-electron chi connectivity index (χ3n) is 15.0. The topological polar surface area (TPSA) is 51.6 Å². The number of benzene rings is 9. The Morgan fingerprint density at radius 2 is 0.287 bits per heavy atom. The quantitative estimate of drug-likeness (QED) is 0.122. The molecule has 0 aliphatic heterocycles. The zero-order chi connectivity index (χ0) is 53.8. The highest BCUT2D eigenvalue weighted by Crippen LogP contribution is 2.51. The molecule has 0 atom stereocenters. The maximum Gasteiger partial charge on any atom is 0.0715 e. The maximum atomic E-state index is 5.45. The number of rotatable bonds is 12. The van der Waals surface area contributed by atoms with E-state index in [1.54, 1.807) is 0 Å². The lowest BCUT2D eigenvalue weighted by Gasteiger charge is -2.27. The zero-order valence-electron chi connectivity index (χ0n) is 44.5. The number of hydrogen-bond donors (Lipinski definition) is 0. The highest BCUT2D eigenvalue weighted by molar-refractivity contribution is 6.03. The fraction of sp³-hybridized carbons (Fsp3) is 0.0263. The normalized spacial score (nSPS) is 11.1. The van der Waals surface area contributed by atoms with Crippen molar-refractivity contribution in [3.8, 4) is 135 Å². The van der Waals surface area contributed by atoms with Gasteiger partial charge in [-0.25, -0.2) is 19.9 Å². The molecule has 4 heterocycles. The van der Waals surface area contributed by atoms with Crippen molar-refractivity contribution in [3.63, 3.8) is 0 Å². The molecular weight excluding hydrogens is 969 g/mol. The second-order valence-corrected chi connectivity index (χ2v) is 20.2. The Kier molecular flexibility index (Phi) is 13.5. The number of aromatic nitrogens is 4. The molecular formula is C76H54N4. The summed E-state index contributed by atoms with van der Waals surface area (Å²) in [6, 6.07) is 103. The SMILES string of the molecule is Cc1c(-c2cc(-c3ccccc3)nc(-c3ccccc3)c2)c(-c2cc(-c3ccccc3)nc(-c3ccccc3)c2)c(C)c(-c2cc(-c3ccccc3)nc(-c3ccccc3)c2)c1-c1cc(-c2ccccc2)nc(-c2ccccc2)c1. The smallest absolute Gasteiger partial charge is 0.0715 e. The van der Waals surface area contributed by atoms with Crippen molar-refractivity contribution in [3.05, 3.63) is 302 Å². The summed E-state index contributed by atoms with van der Waals surface area (Å²) in [5.74, 6) is 0. The largest absolute Gasteiger partial charge is 0.248 e. The molecule has 0 amide bonds. The van der Waals surface area contributed by atoms with Gasteiger partial charge in [-0.15, -0.1) is 0 Å². The predicted octanol–water partition coefficient (Wildman–Crippen LogP) is 19.9. The Hall–Kier alpha value is -10.4. The third-order valence-corrected chi connectivity index (χ3v) is 15.0. The Morgan fingerprint density at radius 3 is 0.412 bits per heavy atom. The minimum absolute atomic E-state index is 0.885. The molecule has 4 nitrogen and oxygen atoms in total. The standard InChI is InChI=1S/C76H54N4/c1-51-73(61-43-65(53-27-11-3-12-28-53)77-66(44-61)54-29-13-4-14-30-54)75(63-47-69(57-35-19-7-20-36-57)79-70(48-63)58-37-21-8-22-38-58)52(2)76(64-49-71(59-39-23-9-24-40-59)80-72(50-64)60-41-25-10-26-42-60)74(51)62-45-67(55-31-15-5-16-32-55)78-68(46-62)56-33-17-6-18-34-56/h3-50H,1-2H3. The van der Waals surface area contributed by atoms with Crippen molar-refractivity contribution in [2.24, 2.45) is 0 Å². The van der Waals surface area contributed by atoms with Crippen molar-refractivity contribution in [2.75, 3.05) is 0 Å². The zero-order valence-corrected chi connectivity index (χ0v) is 44.5. The molecule has 13 aromatic rings. The number of pyridine rings is 4. The molecule has 0 aliphatic rings. The second-order valence-electron chi connectivity index (χ2n) is 20.2. The van der Waals surface area contributed by atoms with E-state index >= 15 is 0 Å². The molecule has 0 unspecified atom stereocenters. The van der Waals surface area contributed by atoms with Crippen LogP contribution in [0.2, 0.25) is 0 Å². The van der Waals surface area contributed by atoms with Crippen LogP contribution in [0.3, 0.4) is 0 Å². The molecule has 0 N–H and O–H groups in total. The van der Waals surface area contributed by atoms with Gasteiger partial charge < -0.3 is 0 Å². The lowest BCUT2D eigenvalue weighted by atomic mass is 9.77. The monoisotopic (exact) mass is 1020 g/mol. The van der Waals surface area contributed by atoms with Gasteiger partial charge in [-0.05, 0) is 118 Å². The molecule has 0 saturated carbocycles. The first-order valence-corrected chi connectivity index (χ1v) is 27.2. The predicted molar refractivity (Wildman–Crippen MR) is 332 cm³/mol. The van der Waals surface area contributed by atoms with Crippen LogP contribution in [0.5, 0.6) is 0 Å². The van der Waals surface area contributed by atoms with E-state index in [-0.39, 0.29) is 0 Å². The van der Waals surface area contributed by atoms with Gasteiger partial charge in [-0.3, -0.25) is 0 Å². The maximum absolute atomic E-state index is 5.45. The summed E-state index contributed by atoms with van der Waals surface area (Å²) >= 11 is 0. The molecule has 4 heteroatoms. The molecule has 0 bridgehead atoms. The lowest BCUT2D eigenvalue weighted by molar-refractivity contribution is 1.29. The Balaban J connectivity index is 1.22. The van der Waals surface area contributed by atoms with Crippen LogP contribution in [0.15, 0.2) is 291 Å². The Labute approximate surface area is 468 Å². The van der Waals surface area contributed by atoms with Gasteiger partial charge in [-0.2, -0.15) is 0 Å². The first-order valence-electron chi connectivity index (χ1n) is 27.2. The van der Waals surface area contributed by atoms with Gasteiger partial charge in [0.05, 0.1) is 45.6 Å². The van der Waals surface area contributed by atoms with Crippen LogP contribution in [0.25, 0.3) is 135 Å². The van der Waals surface area contributed by atoms with E-state index in [1.807, 2.05) is 0 Å². The molecule has 0 aliphatic carbocycles. The van der Waals surface area contributed by atoms with Crippen LogP contribution in [0.4, 0.5) is 0 Å². The van der Waals surface area contributed by atoms with E-state index in [0.717, 1.165) is 146 Å². The van der Waals surface area contributed by atoms with Gasteiger partial charge in [0.15, 0.2) is 0 Å². The van der Waals surface area contributed by atoms with E-state index in [2.05, 4.69) is 305 Å². The summed E-state index contributed by atoms with van der Waals surface area (Å²) in [5, 5.41) is 0. The van der Waals surface area contributed by atoms with Crippen molar-refractivity contribution >= 4 is 0 Å². The average Bonchev–Trinajstić information content (AvgIpc) is 3.61. The highest BCUT2D eigenvalue weighted by atomic mass is 14.7. The number of hydrogen-bond acceptors (Lipinski definition) is 4. The minimum Gasteiger partial charge on any atom is -0.248 e. The molecule has 80 heavy (non-hydrogen) atoms. The molecule has 0 saturated heterocycles. The Bertz CT molecular complexity index is 3510. The number of nitrogens with zero attached hydrogens (tertiary/aromatic N) is 4. The van der Waals surface area contributed by atoms with Crippen LogP contribution in [0.1, 0.15) is 11.1 Å². The van der Waals surface area contributed by atoms with E-state index in [4.69, 9.17) is 19.9 Å². The summed E-state index contributed by atoms with van der Waals surface area (Å²) in [5.41, 5.74) is 26.2. The van der Waals surface area contributed by atoms with Crippen LogP contribution in [-0.4, -0.2) is 19.9 Å². The summed E-state index contributed by atoms with van der Waals surface area (Å²) in [4.78, 5) is 21.8. The van der Waals surface area contributed by atoms with Gasteiger partial charge in [0, 0.05) is 44.5 Å². The van der Waals surface area contributed by atoms with Gasteiger partial charge >= 0.3 is 0 Å². The van der Waals surface area contributed by atoms with Crippen molar-refractivity contribution in [1.29, 1.82) is 0 Å². The van der Waals surface area contributed by atoms with Crippen LogP contribution in [-0.2, 0) is 0 Å². The molecule has 0 spiro atoms. The first-order chi connectivity index (χ1) is 39.5. The molecule has 378 valence electrons. The fourth-order valence-corrected chi connectivity index (χ4v) is 11.2. The van der Waals surface area contributed by atoms with Crippen LogP contribution >= 0.6 is 0 Å². The van der Waals surface area contributed by atoms with Gasteiger partial charge in [0.2, 0.25) is 0 Å². The second kappa shape index (κ2) is 21.9. The summed E-state index contributed by atoms with van der Waals surface area (Å²) in [6.45, 7) is 4.64. The van der Waals surface area contributed by atoms with Gasteiger partial charge in [0.25, 0.3) is 0 Å². The van der Waals surface area contributed by atoms with Crippen molar-refractivity contribution < 1.29 is 0 Å². The molecule has 4 aromatic heterocycles. The van der Waals surface area contributed by atoms with Crippen LogP contribution in [0, 0.1) is 13.8 Å².